The number of rotatable bonds is 9. The fourth-order valence-corrected chi connectivity index (χ4v) is 7.32. The molecule has 2 aromatic heterocycles. The van der Waals surface area contributed by atoms with Crippen molar-refractivity contribution < 1.29 is 28.2 Å². The Morgan fingerprint density at radius 2 is 1.46 bits per heavy atom. The van der Waals surface area contributed by atoms with E-state index in [1.807, 2.05) is 84.5 Å². The highest BCUT2D eigenvalue weighted by Gasteiger charge is 2.40. The number of alkyl halides is 1. The number of aryl methyl sites for hydroxylation is 1. The molecule has 2 aliphatic rings. The van der Waals surface area contributed by atoms with Crippen LogP contribution in [0.25, 0.3) is 22.2 Å². The van der Waals surface area contributed by atoms with Crippen LogP contribution in [-0.2, 0) is 29.8 Å². The number of hydrogen-bond donors (Lipinski definition) is 0. The van der Waals surface area contributed by atoms with Gasteiger partial charge in [0.1, 0.15) is 30.7 Å². The Morgan fingerprint density at radius 3 is 2.11 bits per heavy atom. The van der Waals surface area contributed by atoms with E-state index in [0.29, 0.717) is 44.6 Å². The first-order valence-corrected chi connectivity index (χ1v) is 18.7. The average molecular weight is 734 g/mol. The number of benzene rings is 3. The van der Waals surface area contributed by atoms with E-state index in [9.17, 15) is 9.59 Å². The van der Waals surface area contributed by atoms with Gasteiger partial charge in [-0.25, -0.2) is 9.18 Å². The number of piperidine rings is 2. The number of ether oxygens (including phenoxy) is 3. The van der Waals surface area contributed by atoms with Gasteiger partial charge >= 0.3 is 6.09 Å². The standard InChI is InChI=1S/C43H48FN5O5/c1-43(2,3)54-42(51)49-24-21-33(36(44)26-49)41(50)48-22-19-31(20-23-48)32-15-16-34-37(25-32)47(4)46-39(34)35-17-18-38(52-27-29-11-7-5-8-12-29)45-40(35)53-28-30-13-9-6-10-14-30/h5-18,25,31,33,36H,19-24,26-28H2,1-4H3/t33-,36+/m1/s1. The summed E-state index contributed by atoms with van der Waals surface area (Å²) >= 11 is 0. The van der Waals surface area contributed by atoms with Crippen molar-refractivity contribution in [3.05, 3.63) is 108 Å². The molecule has 0 unspecified atom stereocenters. The van der Waals surface area contributed by atoms with Gasteiger partial charge in [-0.3, -0.25) is 9.48 Å². The monoisotopic (exact) mass is 733 g/mol. The van der Waals surface area contributed by atoms with Gasteiger partial charge in [-0.2, -0.15) is 10.1 Å². The molecule has 2 atom stereocenters. The highest BCUT2D eigenvalue weighted by atomic mass is 19.1. The SMILES string of the molecule is Cn1nc(-c2ccc(OCc3ccccc3)nc2OCc2ccccc2)c2ccc(C3CCN(C(=O)[C@@H]4CCN(C(=O)OC(C)(C)C)C[C@@H]4F)CC3)cc21. The Morgan fingerprint density at radius 1 is 0.815 bits per heavy atom. The molecule has 2 saturated heterocycles. The molecule has 0 spiro atoms. The number of pyridine rings is 1. The molecule has 2 amide bonds. The van der Waals surface area contributed by atoms with Crippen molar-refractivity contribution in [2.75, 3.05) is 26.2 Å². The summed E-state index contributed by atoms with van der Waals surface area (Å²) in [5.74, 6) is 0.249. The Kier molecular flexibility index (Phi) is 10.8. The molecule has 2 fully saturated rings. The minimum Gasteiger partial charge on any atom is -0.473 e. The van der Waals surface area contributed by atoms with Crippen LogP contribution in [0.3, 0.4) is 0 Å². The number of aromatic nitrogens is 3. The zero-order chi connectivity index (χ0) is 37.8. The van der Waals surface area contributed by atoms with Crippen LogP contribution in [0.1, 0.15) is 62.6 Å². The average Bonchev–Trinajstić information content (AvgIpc) is 3.51. The van der Waals surface area contributed by atoms with Gasteiger partial charge in [0.15, 0.2) is 0 Å². The minimum absolute atomic E-state index is 0.128. The van der Waals surface area contributed by atoms with Crippen molar-refractivity contribution >= 4 is 22.9 Å². The number of halogens is 1. The maximum atomic E-state index is 15.3. The third kappa shape index (κ3) is 8.51. The summed E-state index contributed by atoms with van der Waals surface area (Å²) in [5, 5.41) is 5.92. The summed E-state index contributed by atoms with van der Waals surface area (Å²) in [5.41, 5.74) is 5.11. The van der Waals surface area contributed by atoms with E-state index in [0.717, 1.165) is 46.1 Å². The molecule has 11 heteroatoms. The van der Waals surface area contributed by atoms with Gasteiger partial charge in [-0.15, -0.1) is 0 Å². The molecule has 0 radical (unpaired) electrons. The Labute approximate surface area is 315 Å². The van der Waals surface area contributed by atoms with Gasteiger partial charge in [-0.05, 0) is 74.8 Å². The van der Waals surface area contributed by atoms with Crippen LogP contribution < -0.4 is 9.47 Å². The lowest BCUT2D eigenvalue weighted by Crippen LogP contribution is -2.52. The molecule has 4 heterocycles. The van der Waals surface area contributed by atoms with Crippen LogP contribution in [0.4, 0.5) is 9.18 Å². The molecule has 0 bridgehead atoms. The second-order valence-electron chi connectivity index (χ2n) is 15.2. The van der Waals surface area contributed by atoms with E-state index in [1.54, 1.807) is 25.7 Å². The van der Waals surface area contributed by atoms with Crippen molar-refractivity contribution in [1.82, 2.24) is 24.6 Å². The van der Waals surface area contributed by atoms with Crippen LogP contribution in [0, 0.1) is 5.92 Å². The predicted octanol–water partition coefficient (Wildman–Crippen LogP) is 8.09. The molecule has 0 aliphatic carbocycles. The summed E-state index contributed by atoms with van der Waals surface area (Å²) < 4.78 is 35.0. The molecule has 54 heavy (non-hydrogen) atoms. The van der Waals surface area contributed by atoms with E-state index < -0.39 is 23.8 Å². The van der Waals surface area contributed by atoms with E-state index in [-0.39, 0.29) is 24.8 Å². The first kappa shape index (κ1) is 36.9. The Hall–Kier alpha value is -5.45. The molecular formula is C43H48FN5O5. The first-order chi connectivity index (χ1) is 26.0. The summed E-state index contributed by atoms with van der Waals surface area (Å²) in [7, 11) is 1.94. The lowest BCUT2D eigenvalue weighted by Gasteiger charge is -2.39. The van der Waals surface area contributed by atoms with E-state index in [4.69, 9.17) is 24.3 Å². The van der Waals surface area contributed by atoms with Crippen molar-refractivity contribution in [2.45, 2.75) is 70.9 Å². The molecule has 3 aromatic carbocycles. The number of carbonyl (C=O) groups is 2. The quantitative estimate of drug-likeness (QED) is 0.151. The Balaban J connectivity index is 1.04. The minimum atomic E-state index is -1.42. The number of nitrogens with zero attached hydrogens (tertiary/aromatic N) is 5. The van der Waals surface area contributed by atoms with Gasteiger partial charge in [0.2, 0.25) is 17.7 Å². The van der Waals surface area contributed by atoms with Crippen LogP contribution in [0.5, 0.6) is 11.8 Å². The molecule has 5 aromatic rings. The van der Waals surface area contributed by atoms with Crippen molar-refractivity contribution in [3.8, 4) is 23.0 Å². The number of fused-ring (bicyclic) bond motifs is 1. The van der Waals surface area contributed by atoms with Crippen LogP contribution >= 0.6 is 0 Å². The van der Waals surface area contributed by atoms with Gasteiger partial charge in [0, 0.05) is 38.1 Å². The maximum Gasteiger partial charge on any atom is 0.410 e. The molecular weight excluding hydrogens is 686 g/mol. The fraction of sp³-hybridized carbons (Fsp3) is 0.395. The summed E-state index contributed by atoms with van der Waals surface area (Å²) in [6.07, 6.45) is -0.111. The molecule has 10 nitrogen and oxygen atoms in total. The predicted molar refractivity (Wildman–Crippen MR) is 205 cm³/mol. The second kappa shape index (κ2) is 15.9. The third-order valence-corrected chi connectivity index (χ3v) is 10.2. The highest BCUT2D eigenvalue weighted by molar-refractivity contribution is 5.95. The van der Waals surface area contributed by atoms with Gasteiger partial charge in [0.25, 0.3) is 0 Å². The van der Waals surface area contributed by atoms with E-state index in [2.05, 4.69) is 18.2 Å². The third-order valence-electron chi connectivity index (χ3n) is 10.2. The zero-order valence-corrected chi connectivity index (χ0v) is 31.4. The summed E-state index contributed by atoms with van der Waals surface area (Å²) in [6.45, 7) is 7.37. The van der Waals surface area contributed by atoms with E-state index in [1.165, 1.54) is 10.5 Å². The summed E-state index contributed by atoms with van der Waals surface area (Å²) in [4.78, 5) is 33.9. The van der Waals surface area contributed by atoms with Gasteiger partial charge < -0.3 is 24.0 Å². The van der Waals surface area contributed by atoms with Crippen LogP contribution in [0.15, 0.2) is 91.0 Å². The topological polar surface area (TPSA) is 99.0 Å². The van der Waals surface area contributed by atoms with Crippen LogP contribution in [-0.4, -0.2) is 74.5 Å². The number of amides is 2. The van der Waals surface area contributed by atoms with Crippen molar-refractivity contribution in [1.29, 1.82) is 0 Å². The van der Waals surface area contributed by atoms with Crippen molar-refractivity contribution in [3.63, 3.8) is 0 Å². The lowest BCUT2D eigenvalue weighted by molar-refractivity contribution is -0.141. The number of likely N-dealkylation sites (tertiary alicyclic amines) is 2. The Bertz CT molecular complexity index is 2080. The smallest absolute Gasteiger partial charge is 0.410 e. The van der Waals surface area contributed by atoms with Crippen molar-refractivity contribution in [2.24, 2.45) is 13.0 Å². The molecule has 2 aliphatic heterocycles. The second-order valence-corrected chi connectivity index (χ2v) is 15.2. The molecule has 0 N–H and O–H groups in total. The molecule has 282 valence electrons. The first-order valence-electron chi connectivity index (χ1n) is 18.7. The normalized spacial score (nSPS) is 18.1. The maximum absolute atomic E-state index is 15.3. The zero-order valence-electron chi connectivity index (χ0n) is 31.4. The number of hydrogen-bond acceptors (Lipinski definition) is 7. The fourth-order valence-electron chi connectivity index (χ4n) is 7.32. The number of carbonyl (C=O) groups excluding carboxylic acids is 2. The largest absolute Gasteiger partial charge is 0.473 e. The summed E-state index contributed by atoms with van der Waals surface area (Å²) in [6, 6.07) is 30.2. The molecule has 0 saturated carbocycles. The lowest BCUT2D eigenvalue weighted by atomic mass is 9.87. The highest BCUT2D eigenvalue weighted by Crippen LogP contribution is 2.38. The van der Waals surface area contributed by atoms with Gasteiger partial charge in [0.05, 0.1) is 23.5 Å². The van der Waals surface area contributed by atoms with Gasteiger partial charge in [-0.1, -0.05) is 72.8 Å². The van der Waals surface area contributed by atoms with E-state index >= 15 is 4.39 Å². The molecule has 7 rings (SSSR count). The van der Waals surface area contributed by atoms with Crippen LogP contribution in [0.2, 0.25) is 0 Å².